The number of unbranched alkanes of at least 4 members (excludes halogenated alkanes) is 1. The molecule has 2 amide bonds. The Bertz CT molecular complexity index is 1310. The van der Waals surface area contributed by atoms with Crippen LogP contribution < -0.4 is 21.3 Å². The third-order valence-corrected chi connectivity index (χ3v) is 5.70. The van der Waals surface area contributed by atoms with Crippen molar-refractivity contribution in [2.75, 3.05) is 23.3 Å². The van der Waals surface area contributed by atoms with Crippen LogP contribution in [-0.4, -0.2) is 35.8 Å². The number of benzene rings is 2. The van der Waals surface area contributed by atoms with Crippen molar-refractivity contribution in [1.82, 2.24) is 5.32 Å². The van der Waals surface area contributed by atoms with E-state index in [-0.39, 0.29) is 54.1 Å². The number of phenolic OH excluding ortho intramolecular Hbond substituents is 1. The van der Waals surface area contributed by atoms with E-state index in [0.29, 0.717) is 17.8 Å². The van der Waals surface area contributed by atoms with E-state index in [1.165, 1.54) is 29.2 Å². The summed E-state index contributed by atoms with van der Waals surface area (Å²) >= 11 is 0. The molecular formula is C29H37FN6O4. The maximum absolute atomic E-state index is 14.8. The van der Waals surface area contributed by atoms with Gasteiger partial charge in [-0.3, -0.25) is 14.5 Å². The molecule has 0 saturated carbocycles. The zero-order chi connectivity index (χ0) is 29.7. The predicted octanol–water partition coefficient (Wildman–Crippen LogP) is 5.57. The van der Waals surface area contributed by atoms with Crippen molar-refractivity contribution in [1.29, 1.82) is 0 Å². The second kappa shape index (κ2) is 15.8. The van der Waals surface area contributed by atoms with Crippen LogP contribution in [0.25, 0.3) is 0 Å². The molecule has 0 spiro atoms. The first-order chi connectivity index (χ1) is 19.1. The van der Waals surface area contributed by atoms with Crippen molar-refractivity contribution < 1.29 is 19.1 Å². The number of aliphatic imine (C=N–C) groups is 1. The number of aromatic hydroxyl groups is 1. The number of nitroso groups, excluding NO2 is 1. The van der Waals surface area contributed by atoms with Crippen LogP contribution in [0.5, 0.6) is 5.75 Å². The van der Waals surface area contributed by atoms with Crippen molar-refractivity contribution in [3.63, 3.8) is 0 Å². The molecule has 2 rings (SSSR count). The van der Waals surface area contributed by atoms with Crippen LogP contribution in [-0.2, 0) is 4.79 Å². The molecule has 0 aliphatic carbocycles. The SMILES string of the molecule is CCC/C=C(C)/C(=C(N)\N=C(/C)Nc1ccc(C(=O)NCCN=O)cc1F)N(C(=O)CCC)c1cccc(O)c1. The van der Waals surface area contributed by atoms with Gasteiger partial charge in [0.2, 0.25) is 5.91 Å². The molecule has 11 heteroatoms. The Kier molecular flexibility index (Phi) is 12.5. The number of anilines is 2. The molecule has 0 unspecified atom stereocenters. The average molecular weight is 553 g/mol. The van der Waals surface area contributed by atoms with Gasteiger partial charge in [-0.1, -0.05) is 37.6 Å². The van der Waals surface area contributed by atoms with Crippen LogP contribution in [0.1, 0.15) is 63.7 Å². The van der Waals surface area contributed by atoms with Crippen LogP contribution in [0.2, 0.25) is 0 Å². The van der Waals surface area contributed by atoms with Gasteiger partial charge in [0.25, 0.3) is 5.91 Å². The second-order valence-corrected chi connectivity index (χ2v) is 9.03. The molecule has 0 aromatic heterocycles. The largest absolute Gasteiger partial charge is 0.508 e. The number of phenols is 1. The molecule has 2 aromatic rings. The maximum Gasteiger partial charge on any atom is 0.251 e. The van der Waals surface area contributed by atoms with Gasteiger partial charge in [-0.15, -0.1) is 0 Å². The normalized spacial score (nSPS) is 12.4. The molecule has 0 atom stereocenters. The molecule has 2 aromatic carbocycles. The number of hydrogen-bond acceptors (Lipinski definition) is 7. The molecule has 0 fully saturated rings. The Labute approximate surface area is 233 Å². The lowest BCUT2D eigenvalue weighted by atomic mass is 10.1. The Morgan fingerprint density at radius 3 is 2.50 bits per heavy atom. The second-order valence-electron chi connectivity index (χ2n) is 9.03. The minimum absolute atomic E-state index is 0.00531. The van der Waals surface area contributed by atoms with Crippen LogP contribution in [0.4, 0.5) is 15.8 Å². The summed E-state index contributed by atoms with van der Waals surface area (Å²) in [4.78, 5) is 41.5. The molecule has 0 saturated heterocycles. The van der Waals surface area contributed by atoms with Crippen molar-refractivity contribution >= 4 is 29.0 Å². The van der Waals surface area contributed by atoms with Gasteiger partial charge in [-0.25, -0.2) is 9.38 Å². The topological polar surface area (TPSA) is 149 Å². The lowest BCUT2D eigenvalue weighted by Crippen LogP contribution is -2.33. The number of hydrogen-bond donors (Lipinski definition) is 4. The number of nitrogens with one attached hydrogen (secondary N) is 2. The fourth-order valence-electron chi connectivity index (χ4n) is 3.84. The number of halogens is 1. The summed E-state index contributed by atoms with van der Waals surface area (Å²) in [5.74, 6) is -1.20. The smallest absolute Gasteiger partial charge is 0.251 e. The number of rotatable bonds is 13. The third kappa shape index (κ3) is 9.04. The number of carbonyl (C=O) groups is 2. The molecule has 10 nitrogen and oxygen atoms in total. The molecule has 0 aliphatic heterocycles. The van der Waals surface area contributed by atoms with E-state index in [0.717, 1.165) is 24.5 Å². The van der Waals surface area contributed by atoms with Crippen LogP contribution >= 0.6 is 0 Å². The summed E-state index contributed by atoms with van der Waals surface area (Å²) in [6.07, 6.45) is 4.43. The Hall–Kier alpha value is -4.54. The van der Waals surface area contributed by atoms with Gasteiger partial charge in [0.15, 0.2) is 0 Å². The molecule has 0 radical (unpaired) electrons. The number of amidine groups is 1. The van der Waals surface area contributed by atoms with Gasteiger partial charge in [-0.2, -0.15) is 4.91 Å². The Morgan fingerprint density at radius 1 is 1.12 bits per heavy atom. The quantitative estimate of drug-likeness (QED) is 0.0839. The maximum atomic E-state index is 14.8. The van der Waals surface area contributed by atoms with E-state index in [1.807, 2.05) is 26.8 Å². The zero-order valence-electron chi connectivity index (χ0n) is 23.3. The third-order valence-electron chi connectivity index (χ3n) is 5.70. The molecule has 0 bridgehead atoms. The first kappa shape index (κ1) is 31.7. The van der Waals surface area contributed by atoms with E-state index < -0.39 is 11.7 Å². The van der Waals surface area contributed by atoms with Crippen molar-refractivity contribution in [2.45, 2.75) is 53.4 Å². The number of nitrogens with zero attached hydrogens (tertiary/aromatic N) is 3. The first-order valence-corrected chi connectivity index (χ1v) is 13.1. The van der Waals surface area contributed by atoms with Gasteiger partial charge >= 0.3 is 0 Å². The fraction of sp³-hybridized carbons (Fsp3) is 0.345. The van der Waals surface area contributed by atoms with E-state index in [9.17, 15) is 24.0 Å². The van der Waals surface area contributed by atoms with Gasteiger partial charge in [0.05, 0.1) is 23.6 Å². The van der Waals surface area contributed by atoms with Crippen molar-refractivity contribution in [3.05, 3.63) is 81.9 Å². The van der Waals surface area contributed by atoms with Gasteiger partial charge in [-0.05, 0) is 62.6 Å². The van der Waals surface area contributed by atoms with Gasteiger partial charge in [0, 0.05) is 24.6 Å². The van der Waals surface area contributed by atoms with Crippen LogP contribution in [0.3, 0.4) is 0 Å². The highest BCUT2D eigenvalue weighted by Crippen LogP contribution is 2.30. The standard InChI is InChI=1S/C29H37FN6O4/c1-5-7-10-19(3)27(36(26(38)9-6-2)22-11-8-12-23(37)18-22)28(31)35-20(4)34-25-14-13-21(17-24(25)30)29(39)32-15-16-33-40/h8,10-14,17-18,37H,5-7,9,15-16,31H2,1-4H3,(H,32,39)(H,34,35)/b19-10+,28-27+. The van der Waals surface area contributed by atoms with Gasteiger partial charge in [0.1, 0.15) is 23.2 Å². The number of carbonyl (C=O) groups excluding carboxylic acids is 2. The number of amides is 2. The van der Waals surface area contributed by atoms with E-state index in [4.69, 9.17) is 5.73 Å². The highest BCUT2D eigenvalue weighted by molar-refractivity contribution is 5.99. The highest BCUT2D eigenvalue weighted by atomic mass is 19.1. The monoisotopic (exact) mass is 552 g/mol. The molecule has 214 valence electrons. The molecule has 0 heterocycles. The lowest BCUT2D eigenvalue weighted by Gasteiger charge is -2.27. The first-order valence-electron chi connectivity index (χ1n) is 13.1. The summed E-state index contributed by atoms with van der Waals surface area (Å²) in [6.45, 7) is 7.32. The van der Waals surface area contributed by atoms with E-state index >= 15 is 0 Å². The van der Waals surface area contributed by atoms with Gasteiger partial charge < -0.3 is 21.5 Å². The fourth-order valence-corrected chi connectivity index (χ4v) is 3.84. The van der Waals surface area contributed by atoms with Crippen LogP contribution in [0, 0.1) is 10.7 Å². The van der Waals surface area contributed by atoms with Crippen LogP contribution in [0.15, 0.2) is 75.8 Å². The molecule has 5 N–H and O–H groups in total. The number of allylic oxidation sites excluding steroid dienone is 2. The molecule has 40 heavy (non-hydrogen) atoms. The summed E-state index contributed by atoms with van der Waals surface area (Å²) in [6, 6.07) is 10.2. The van der Waals surface area contributed by atoms with E-state index in [2.05, 4.69) is 20.8 Å². The average Bonchev–Trinajstić information content (AvgIpc) is 2.91. The summed E-state index contributed by atoms with van der Waals surface area (Å²) < 4.78 is 14.8. The summed E-state index contributed by atoms with van der Waals surface area (Å²) in [7, 11) is 0. The minimum atomic E-state index is -0.697. The molecule has 0 aliphatic rings. The minimum Gasteiger partial charge on any atom is -0.508 e. The van der Waals surface area contributed by atoms with Crippen molar-refractivity contribution in [2.24, 2.45) is 15.9 Å². The zero-order valence-corrected chi connectivity index (χ0v) is 23.3. The molecular weight excluding hydrogens is 515 g/mol. The lowest BCUT2D eigenvalue weighted by molar-refractivity contribution is -0.118. The Balaban J connectivity index is 2.50. The summed E-state index contributed by atoms with van der Waals surface area (Å²) in [5.41, 5.74) is 8.15. The van der Waals surface area contributed by atoms with E-state index in [1.54, 1.807) is 19.1 Å². The summed E-state index contributed by atoms with van der Waals surface area (Å²) in [5, 5.41) is 18.1. The number of nitrogens with two attached hydrogens (primary N) is 1. The predicted molar refractivity (Wildman–Crippen MR) is 157 cm³/mol. The van der Waals surface area contributed by atoms with Crippen molar-refractivity contribution in [3.8, 4) is 5.75 Å². The Morgan fingerprint density at radius 2 is 1.88 bits per heavy atom. The highest BCUT2D eigenvalue weighted by Gasteiger charge is 2.24.